The number of carboxylic acid groups (broad SMARTS) is 1. The van der Waals surface area contributed by atoms with Crippen LogP contribution in [-0.4, -0.2) is 61.5 Å². The van der Waals surface area contributed by atoms with E-state index in [4.69, 9.17) is 14.6 Å². The van der Waals surface area contributed by atoms with Crippen molar-refractivity contribution < 1.29 is 28.6 Å². The molecule has 2 unspecified atom stereocenters. The molecule has 1 saturated heterocycles. The molecule has 0 radical (unpaired) electrons. The minimum absolute atomic E-state index is 0.0206. The summed E-state index contributed by atoms with van der Waals surface area (Å²) in [6.07, 6.45) is 13.6. The van der Waals surface area contributed by atoms with Crippen LogP contribution >= 0.6 is 0 Å². The van der Waals surface area contributed by atoms with Gasteiger partial charge in [-0.2, -0.15) is 0 Å². The molecule has 1 aliphatic carbocycles. The zero-order chi connectivity index (χ0) is 29.6. The molecule has 1 aromatic rings. The van der Waals surface area contributed by atoms with Crippen LogP contribution in [-0.2, 0) is 19.1 Å². The van der Waals surface area contributed by atoms with Gasteiger partial charge in [-0.3, -0.25) is 4.79 Å². The van der Waals surface area contributed by atoms with E-state index in [2.05, 4.69) is 42.7 Å². The Morgan fingerprint density at radius 2 is 2.02 bits per heavy atom. The summed E-state index contributed by atoms with van der Waals surface area (Å²) in [5.74, 6) is 0.592. The van der Waals surface area contributed by atoms with Gasteiger partial charge in [0.15, 0.2) is 0 Å². The Kier molecular flexibility index (Phi) is 12.7. The maximum absolute atomic E-state index is 13.2. The Labute approximate surface area is 242 Å². The lowest BCUT2D eigenvalue weighted by Gasteiger charge is -2.28. The number of halogens is 1. The van der Waals surface area contributed by atoms with Gasteiger partial charge < -0.3 is 30.1 Å². The van der Waals surface area contributed by atoms with Crippen molar-refractivity contribution >= 4 is 17.6 Å². The number of aliphatic carboxylic acids is 1. The van der Waals surface area contributed by atoms with E-state index >= 15 is 0 Å². The number of ether oxygens (including phenoxy) is 2. The van der Waals surface area contributed by atoms with E-state index < -0.39 is 12.6 Å². The number of amides is 1. The Balaban J connectivity index is 1.53. The molecule has 0 aromatic heterocycles. The lowest BCUT2D eigenvalue weighted by atomic mass is 9.93. The second-order valence-electron chi connectivity index (χ2n) is 10.1. The Morgan fingerprint density at radius 1 is 1.22 bits per heavy atom. The number of hydrogen-bond donors (Lipinski definition) is 3. The average Bonchev–Trinajstić information content (AvgIpc) is 3.43. The number of likely N-dealkylation sites (tertiary alicyclic amines) is 1. The van der Waals surface area contributed by atoms with Crippen molar-refractivity contribution in [3.63, 3.8) is 0 Å². The zero-order valence-corrected chi connectivity index (χ0v) is 24.2. The van der Waals surface area contributed by atoms with Crippen LogP contribution in [0.5, 0.6) is 0 Å². The fourth-order valence-electron chi connectivity index (χ4n) is 4.96. The van der Waals surface area contributed by atoms with E-state index in [1.165, 1.54) is 6.08 Å². The van der Waals surface area contributed by atoms with Crippen molar-refractivity contribution in [2.24, 2.45) is 5.92 Å². The standard InChI is InChI=1S/C32H42FN3O5/c1-4-9-30(34-27-13-6-5-10-23(27)2)35-28-15-14-24(20-29(28)40-3)21-31(37)36-18-7-12-26(36)22-41-19-8-11-25(16-17-33)32(38)39/h5-6,8-11,13-16,24,26,34-35H,4,7,12,17-22H2,1-3H3,(H,38,39)/b11-8-,25-16+,30-9+. The second-order valence-corrected chi connectivity index (χ2v) is 10.1. The number of carbonyl (C=O) groups is 2. The number of methoxy groups -OCH3 is 1. The molecule has 222 valence electrons. The van der Waals surface area contributed by atoms with Gasteiger partial charge >= 0.3 is 5.97 Å². The summed E-state index contributed by atoms with van der Waals surface area (Å²) < 4.78 is 23.9. The molecule has 0 spiro atoms. The number of carboxylic acids is 1. The van der Waals surface area contributed by atoms with Crippen molar-refractivity contribution in [2.45, 2.75) is 52.0 Å². The third-order valence-electron chi connectivity index (χ3n) is 7.12. The Morgan fingerprint density at radius 3 is 2.73 bits per heavy atom. The molecule has 8 nitrogen and oxygen atoms in total. The van der Waals surface area contributed by atoms with Crippen LogP contribution in [0.3, 0.4) is 0 Å². The van der Waals surface area contributed by atoms with Crippen LogP contribution in [0.2, 0.25) is 0 Å². The largest absolute Gasteiger partial charge is 0.499 e. The average molecular weight is 568 g/mol. The fraction of sp³-hybridized carbons (Fsp3) is 0.438. The van der Waals surface area contributed by atoms with Gasteiger partial charge in [-0.1, -0.05) is 37.3 Å². The third kappa shape index (κ3) is 9.63. The molecule has 1 aliphatic heterocycles. The normalized spacial score (nSPS) is 19.7. The Hall–Kier alpha value is -3.85. The molecule has 0 bridgehead atoms. The number of rotatable bonds is 15. The van der Waals surface area contributed by atoms with E-state index in [1.54, 1.807) is 13.2 Å². The number of carbonyl (C=O) groups excluding carboxylic acids is 1. The van der Waals surface area contributed by atoms with Crippen molar-refractivity contribution in [3.8, 4) is 0 Å². The van der Waals surface area contributed by atoms with Gasteiger partial charge in [0.1, 0.15) is 18.3 Å². The van der Waals surface area contributed by atoms with E-state index in [-0.39, 0.29) is 30.0 Å². The minimum Gasteiger partial charge on any atom is -0.499 e. The molecule has 1 aromatic carbocycles. The van der Waals surface area contributed by atoms with E-state index in [0.29, 0.717) is 26.0 Å². The number of aryl methyl sites for hydroxylation is 1. The summed E-state index contributed by atoms with van der Waals surface area (Å²) in [7, 11) is 1.65. The van der Waals surface area contributed by atoms with Gasteiger partial charge in [-0.15, -0.1) is 0 Å². The summed E-state index contributed by atoms with van der Waals surface area (Å²) >= 11 is 0. The van der Waals surface area contributed by atoms with Crippen LogP contribution in [0.25, 0.3) is 0 Å². The van der Waals surface area contributed by atoms with Crippen LogP contribution < -0.4 is 10.6 Å². The van der Waals surface area contributed by atoms with Gasteiger partial charge in [-0.05, 0) is 68.0 Å². The van der Waals surface area contributed by atoms with Crippen LogP contribution in [0.1, 0.15) is 44.6 Å². The number of nitrogens with zero attached hydrogens (tertiary/aromatic N) is 1. The number of para-hydroxylation sites is 1. The monoisotopic (exact) mass is 567 g/mol. The highest BCUT2D eigenvalue weighted by atomic mass is 19.1. The lowest BCUT2D eigenvalue weighted by Crippen LogP contribution is -2.39. The molecule has 2 aliphatic rings. The number of nitrogens with one attached hydrogen (secondary N) is 2. The minimum atomic E-state index is -1.19. The fourth-order valence-corrected chi connectivity index (χ4v) is 4.96. The number of hydrogen-bond acceptors (Lipinski definition) is 6. The summed E-state index contributed by atoms with van der Waals surface area (Å²) in [6.45, 7) is 4.55. The quantitative estimate of drug-likeness (QED) is 0.144. The molecule has 41 heavy (non-hydrogen) atoms. The first-order valence-electron chi connectivity index (χ1n) is 14.1. The summed E-state index contributed by atoms with van der Waals surface area (Å²) in [5, 5.41) is 16.0. The molecular formula is C32H42FN3O5. The van der Waals surface area contributed by atoms with Gasteiger partial charge in [0.2, 0.25) is 5.91 Å². The van der Waals surface area contributed by atoms with Crippen molar-refractivity contribution in [3.05, 3.63) is 89.1 Å². The van der Waals surface area contributed by atoms with Crippen molar-refractivity contribution in [2.75, 3.05) is 38.9 Å². The van der Waals surface area contributed by atoms with Gasteiger partial charge in [0.25, 0.3) is 0 Å². The smallest absolute Gasteiger partial charge is 0.335 e. The third-order valence-corrected chi connectivity index (χ3v) is 7.12. The predicted octanol–water partition coefficient (Wildman–Crippen LogP) is 5.62. The summed E-state index contributed by atoms with van der Waals surface area (Å²) in [4.78, 5) is 26.2. The molecule has 3 N–H and O–H groups in total. The maximum atomic E-state index is 13.2. The second kappa shape index (κ2) is 16.4. The van der Waals surface area contributed by atoms with E-state index in [1.807, 2.05) is 29.2 Å². The number of alkyl halides is 1. The molecule has 2 atom stereocenters. The molecule has 0 saturated carbocycles. The number of allylic oxidation sites excluding steroid dienone is 5. The van der Waals surface area contributed by atoms with Crippen LogP contribution in [0.15, 0.2) is 83.6 Å². The first-order valence-corrected chi connectivity index (χ1v) is 14.1. The van der Waals surface area contributed by atoms with Gasteiger partial charge in [0.05, 0.1) is 37.6 Å². The Bertz CT molecular complexity index is 1200. The molecular weight excluding hydrogens is 525 g/mol. The molecule has 1 fully saturated rings. The zero-order valence-electron chi connectivity index (χ0n) is 24.2. The number of anilines is 1. The molecule has 9 heteroatoms. The SMILES string of the molecule is CC/C=C(/NC1=C(OC)CC(CC(=O)N2CCCC2COC/C=C\C(=C/CF)C(=O)O)C=C1)Nc1ccccc1C. The predicted molar refractivity (Wildman–Crippen MR) is 159 cm³/mol. The van der Waals surface area contributed by atoms with Gasteiger partial charge in [-0.25, -0.2) is 9.18 Å². The molecule has 1 amide bonds. The highest BCUT2D eigenvalue weighted by molar-refractivity contribution is 5.89. The number of benzene rings is 1. The maximum Gasteiger partial charge on any atom is 0.335 e. The van der Waals surface area contributed by atoms with Crippen LogP contribution in [0, 0.1) is 12.8 Å². The van der Waals surface area contributed by atoms with Gasteiger partial charge in [0, 0.05) is 25.1 Å². The lowest BCUT2D eigenvalue weighted by molar-refractivity contribution is -0.134. The first kappa shape index (κ1) is 31.7. The summed E-state index contributed by atoms with van der Waals surface area (Å²) in [5.41, 5.74) is 2.93. The molecule has 3 rings (SSSR count). The van der Waals surface area contributed by atoms with Crippen molar-refractivity contribution in [1.29, 1.82) is 0 Å². The van der Waals surface area contributed by atoms with E-state index in [9.17, 15) is 14.0 Å². The first-order chi connectivity index (χ1) is 19.9. The van der Waals surface area contributed by atoms with Crippen LogP contribution in [0.4, 0.5) is 10.1 Å². The highest BCUT2D eigenvalue weighted by Gasteiger charge is 2.30. The van der Waals surface area contributed by atoms with Crippen molar-refractivity contribution in [1.82, 2.24) is 10.2 Å². The highest BCUT2D eigenvalue weighted by Crippen LogP contribution is 2.28. The topological polar surface area (TPSA) is 100 Å². The van der Waals surface area contributed by atoms with E-state index in [0.717, 1.165) is 53.9 Å². The summed E-state index contributed by atoms with van der Waals surface area (Å²) in [6, 6.07) is 8.10. The molecule has 1 heterocycles.